The van der Waals surface area contributed by atoms with Crippen molar-refractivity contribution in [1.82, 2.24) is 14.7 Å². The Morgan fingerprint density at radius 3 is 2.39 bits per heavy atom. The largest absolute Gasteiger partial charge is 0.444 e. The highest BCUT2D eigenvalue weighted by Crippen LogP contribution is 2.43. The van der Waals surface area contributed by atoms with Gasteiger partial charge < -0.3 is 14.7 Å². The molecule has 1 atom stereocenters. The maximum absolute atomic E-state index is 12.5. The van der Waals surface area contributed by atoms with Crippen molar-refractivity contribution in [2.75, 3.05) is 26.0 Å². The molecule has 2 aromatic rings. The Labute approximate surface area is 195 Å². The van der Waals surface area contributed by atoms with Crippen molar-refractivity contribution in [2.24, 2.45) is 5.41 Å². The molecular formula is C23H33N3O6S. The van der Waals surface area contributed by atoms with Gasteiger partial charge in [-0.1, -0.05) is 30.3 Å². The Balaban J connectivity index is 1.76. The van der Waals surface area contributed by atoms with E-state index in [0.29, 0.717) is 38.2 Å². The number of carbonyl (C=O) groups is 1. The topological polar surface area (TPSA) is 111 Å². The van der Waals surface area contributed by atoms with Crippen LogP contribution in [-0.4, -0.2) is 65.9 Å². The second-order valence-electron chi connectivity index (χ2n) is 9.62. The van der Waals surface area contributed by atoms with Crippen LogP contribution in [0.2, 0.25) is 0 Å². The summed E-state index contributed by atoms with van der Waals surface area (Å²) in [6, 6.07) is 11.6. The molecule has 1 aliphatic heterocycles. The number of aromatic nitrogens is 2. The second kappa shape index (κ2) is 9.82. The molecule has 0 aliphatic carbocycles. The molecule has 1 fully saturated rings. The number of aliphatic hydroxyl groups is 1. The molecule has 0 bridgehead atoms. The van der Waals surface area contributed by atoms with E-state index in [0.717, 1.165) is 11.8 Å². The minimum atomic E-state index is -3.71. The van der Waals surface area contributed by atoms with Gasteiger partial charge in [0, 0.05) is 24.7 Å². The number of hydrogen-bond acceptors (Lipinski definition) is 7. The number of aliphatic hydroxyl groups excluding tert-OH is 1. The fraction of sp³-hybridized carbons (Fsp3) is 0.565. The highest BCUT2D eigenvalue weighted by Gasteiger charge is 2.45. The van der Waals surface area contributed by atoms with Gasteiger partial charge in [0.2, 0.25) is 0 Å². The molecule has 3 rings (SSSR count). The summed E-state index contributed by atoms with van der Waals surface area (Å²) in [5, 5.41) is 15.8. The van der Waals surface area contributed by atoms with Crippen LogP contribution >= 0.6 is 0 Å². The van der Waals surface area contributed by atoms with E-state index in [1.54, 1.807) is 42.6 Å². The highest BCUT2D eigenvalue weighted by molar-refractivity contribution is 7.85. The van der Waals surface area contributed by atoms with Gasteiger partial charge in [0.1, 0.15) is 11.7 Å². The highest BCUT2D eigenvalue weighted by atomic mass is 32.2. The summed E-state index contributed by atoms with van der Waals surface area (Å²) in [5.41, 5.74) is -0.0138. The molecule has 1 unspecified atom stereocenters. The van der Waals surface area contributed by atoms with Crippen LogP contribution in [0.3, 0.4) is 0 Å². The lowest BCUT2D eigenvalue weighted by molar-refractivity contribution is -0.0583. The summed E-state index contributed by atoms with van der Waals surface area (Å²) in [6.45, 7) is 6.37. The quantitative estimate of drug-likeness (QED) is 0.608. The van der Waals surface area contributed by atoms with E-state index >= 15 is 0 Å². The van der Waals surface area contributed by atoms with Crippen LogP contribution in [-0.2, 0) is 25.6 Å². The zero-order chi connectivity index (χ0) is 24.3. The third-order valence-electron chi connectivity index (χ3n) is 5.68. The molecule has 33 heavy (non-hydrogen) atoms. The summed E-state index contributed by atoms with van der Waals surface area (Å²) < 4.78 is 35.7. The molecule has 10 heteroatoms. The van der Waals surface area contributed by atoms with Crippen molar-refractivity contribution in [3.63, 3.8) is 0 Å². The molecule has 1 amide bonds. The van der Waals surface area contributed by atoms with Gasteiger partial charge >= 0.3 is 6.09 Å². The van der Waals surface area contributed by atoms with Crippen molar-refractivity contribution in [3.05, 3.63) is 53.9 Å². The predicted molar refractivity (Wildman–Crippen MR) is 123 cm³/mol. The first kappa shape index (κ1) is 25.2. The molecule has 1 aliphatic rings. The lowest BCUT2D eigenvalue weighted by Crippen LogP contribution is -2.49. The standard InChI is InChI=1S/C23H33N3O6S/c1-22(2,3)32-21(28)25-14-11-23(12-15-25,17-31-33(4,29)30)20(27)19-10-13-26(24-19)16-18-8-6-5-7-9-18/h5-10,13,20,27H,11-12,14-17H2,1-4H3. The molecule has 0 spiro atoms. The Morgan fingerprint density at radius 2 is 1.82 bits per heavy atom. The second-order valence-corrected chi connectivity index (χ2v) is 11.3. The third kappa shape index (κ3) is 7.02. The van der Waals surface area contributed by atoms with Crippen molar-refractivity contribution >= 4 is 16.2 Å². The van der Waals surface area contributed by atoms with Gasteiger partial charge in [-0.05, 0) is 45.2 Å². The Kier molecular flexibility index (Phi) is 7.50. The van der Waals surface area contributed by atoms with E-state index in [2.05, 4.69) is 5.10 Å². The number of rotatable bonds is 7. The third-order valence-corrected chi connectivity index (χ3v) is 6.23. The Bertz CT molecular complexity index is 1040. The first-order valence-corrected chi connectivity index (χ1v) is 12.8. The lowest BCUT2D eigenvalue weighted by atomic mass is 9.73. The minimum absolute atomic E-state index is 0.194. The fourth-order valence-electron chi connectivity index (χ4n) is 3.88. The zero-order valence-corrected chi connectivity index (χ0v) is 20.4. The lowest BCUT2D eigenvalue weighted by Gasteiger charge is -2.43. The molecule has 1 N–H and O–H groups in total. The van der Waals surface area contributed by atoms with Crippen LogP contribution in [0, 0.1) is 5.41 Å². The normalized spacial score (nSPS) is 17.5. The van der Waals surface area contributed by atoms with Crippen LogP contribution in [0.5, 0.6) is 0 Å². The average Bonchev–Trinajstić information content (AvgIpc) is 3.19. The van der Waals surface area contributed by atoms with Gasteiger partial charge in [-0.25, -0.2) is 4.79 Å². The van der Waals surface area contributed by atoms with Crippen LogP contribution in [0.15, 0.2) is 42.6 Å². The van der Waals surface area contributed by atoms with E-state index in [9.17, 15) is 18.3 Å². The van der Waals surface area contributed by atoms with Crippen LogP contribution < -0.4 is 0 Å². The van der Waals surface area contributed by atoms with Crippen LogP contribution in [0.4, 0.5) is 4.79 Å². The van der Waals surface area contributed by atoms with E-state index in [4.69, 9.17) is 8.92 Å². The first-order chi connectivity index (χ1) is 15.4. The molecule has 1 saturated heterocycles. The van der Waals surface area contributed by atoms with Gasteiger partial charge in [-0.15, -0.1) is 0 Å². The first-order valence-electron chi connectivity index (χ1n) is 10.9. The summed E-state index contributed by atoms with van der Waals surface area (Å²) in [7, 11) is -3.71. The zero-order valence-electron chi connectivity index (χ0n) is 19.6. The molecule has 0 radical (unpaired) electrons. The number of hydrogen-bond donors (Lipinski definition) is 1. The van der Waals surface area contributed by atoms with Gasteiger partial charge in [-0.3, -0.25) is 8.86 Å². The van der Waals surface area contributed by atoms with Crippen molar-refractivity contribution in [3.8, 4) is 0 Å². The van der Waals surface area contributed by atoms with Crippen molar-refractivity contribution in [2.45, 2.75) is 51.9 Å². The number of nitrogens with zero attached hydrogens (tertiary/aromatic N) is 3. The van der Waals surface area contributed by atoms with Gasteiger partial charge in [0.05, 0.1) is 25.1 Å². The van der Waals surface area contributed by atoms with Crippen molar-refractivity contribution < 1.29 is 27.2 Å². The summed E-state index contributed by atoms with van der Waals surface area (Å²) in [6.07, 6.45) is 1.96. The minimum Gasteiger partial charge on any atom is -0.444 e. The Hall–Kier alpha value is -2.43. The summed E-state index contributed by atoms with van der Waals surface area (Å²) >= 11 is 0. The van der Waals surface area contributed by atoms with Gasteiger partial charge in [0.15, 0.2) is 0 Å². The maximum atomic E-state index is 12.5. The Morgan fingerprint density at radius 1 is 1.18 bits per heavy atom. The smallest absolute Gasteiger partial charge is 0.410 e. The number of carbonyl (C=O) groups excluding carboxylic acids is 1. The molecule has 1 aromatic heterocycles. The van der Waals surface area contributed by atoms with Crippen LogP contribution in [0.25, 0.3) is 0 Å². The summed E-state index contributed by atoms with van der Waals surface area (Å²) in [5.74, 6) is 0. The van der Waals surface area contributed by atoms with Crippen molar-refractivity contribution in [1.29, 1.82) is 0 Å². The summed E-state index contributed by atoms with van der Waals surface area (Å²) in [4.78, 5) is 14.0. The van der Waals surface area contributed by atoms with Gasteiger partial charge in [-0.2, -0.15) is 13.5 Å². The molecule has 9 nitrogen and oxygen atoms in total. The molecule has 1 aromatic carbocycles. The SMILES string of the molecule is CC(C)(C)OC(=O)N1CCC(COS(C)(=O)=O)(C(O)c2ccn(Cc3ccccc3)n2)CC1. The number of ether oxygens (including phenoxy) is 1. The van der Waals surface area contributed by atoms with E-state index in [1.165, 1.54) is 0 Å². The predicted octanol–water partition coefficient (Wildman–Crippen LogP) is 2.96. The molecule has 0 saturated carbocycles. The monoisotopic (exact) mass is 479 g/mol. The number of amides is 1. The maximum Gasteiger partial charge on any atom is 0.410 e. The van der Waals surface area contributed by atoms with E-state index in [-0.39, 0.29) is 6.61 Å². The average molecular weight is 480 g/mol. The van der Waals surface area contributed by atoms with E-state index < -0.39 is 33.3 Å². The van der Waals surface area contributed by atoms with Crippen LogP contribution in [0.1, 0.15) is 51.0 Å². The molecule has 182 valence electrons. The van der Waals surface area contributed by atoms with E-state index in [1.807, 2.05) is 30.3 Å². The van der Waals surface area contributed by atoms with Gasteiger partial charge in [0.25, 0.3) is 10.1 Å². The fourth-order valence-corrected chi connectivity index (χ4v) is 4.33. The molecular weight excluding hydrogens is 446 g/mol. The number of benzene rings is 1. The number of piperidine rings is 1. The molecule has 2 heterocycles. The number of likely N-dealkylation sites (tertiary alicyclic amines) is 1.